The van der Waals surface area contributed by atoms with Crippen LogP contribution in [0.25, 0.3) is 0 Å². The lowest BCUT2D eigenvalue weighted by Crippen LogP contribution is -2.40. The molecule has 1 amide bonds. The van der Waals surface area contributed by atoms with Crippen molar-refractivity contribution in [3.63, 3.8) is 0 Å². The predicted molar refractivity (Wildman–Crippen MR) is 132 cm³/mol. The van der Waals surface area contributed by atoms with Gasteiger partial charge in [0, 0.05) is 42.4 Å². The number of benzene rings is 2. The molecule has 10 heteroatoms. The van der Waals surface area contributed by atoms with Gasteiger partial charge in [-0.1, -0.05) is 11.6 Å². The Morgan fingerprint density at radius 2 is 1.69 bits per heavy atom. The average molecular weight is 519 g/mol. The summed E-state index contributed by atoms with van der Waals surface area (Å²) in [5.74, 6) is -1.41. The minimum Gasteiger partial charge on any atom is -0.492 e. The quantitative estimate of drug-likeness (QED) is 0.510. The summed E-state index contributed by atoms with van der Waals surface area (Å²) in [6, 6.07) is 11.6. The van der Waals surface area contributed by atoms with Crippen molar-refractivity contribution in [2.24, 2.45) is 5.92 Å². The number of carboxylic acid groups (broad SMARTS) is 2. The van der Waals surface area contributed by atoms with Gasteiger partial charge in [-0.3, -0.25) is 9.69 Å². The Hall–Kier alpha value is -3.43. The molecule has 0 saturated carbocycles. The molecule has 0 bridgehead atoms. The molecule has 2 heterocycles. The highest BCUT2D eigenvalue weighted by atomic mass is 35.5. The topological polar surface area (TPSA) is 107 Å². The lowest BCUT2D eigenvalue weighted by Gasteiger charge is -2.33. The number of nitrogens with zero attached hydrogens (tertiary/aromatic N) is 2. The van der Waals surface area contributed by atoms with E-state index in [2.05, 4.69) is 4.90 Å². The van der Waals surface area contributed by atoms with E-state index in [0.717, 1.165) is 50.1 Å². The second kappa shape index (κ2) is 13.0. The van der Waals surface area contributed by atoms with Crippen molar-refractivity contribution in [1.82, 2.24) is 9.80 Å². The van der Waals surface area contributed by atoms with Gasteiger partial charge in [0.25, 0.3) is 5.91 Å². The third-order valence-electron chi connectivity index (χ3n) is 5.99. The van der Waals surface area contributed by atoms with Crippen LogP contribution in [0.3, 0.4) is 0 Å². The minimum absolute atomic E-state index is 0.127. The number of amides is 1. The molecule has 0 unspecified atom stereocenters. The predicted octanol–water partition coefficient (Wildman–Crippen LogP) is 3.94. The number of likely N-dealkylation sites (tertiary alicyclic amines) is 1. The number of carbonyl (C=O) groups is 3. The number of piperidine rings is 1. The zero-order chi connectivity index (χ0) is 26.1. The molecule has 0 spiro atoms. The van der Waals surface area contributed by atoms with E-state index in [0.29, 0.717) is 42.0 Å². The van der Waals surface area contributed by atoms with Crippen molar-refractivity contribution in [3.05, 3.63) is 76.6 Å². The fraction of sp³-hybridized carbons (Fsp3) is 0.346. The van der Waals surface area contributed by atoms with Gasteiger partial charge in [-0.15, -0.1) is 0 Å². The second-order valence-electron chi connectivity index (χ2n) is 8.58. The first-order valence-electron chi connectivity index (χ1n) is 11.5. The summed E-state index contributed by atoms with van der Waals surface area (Å²) in [5.41, 5.74) is 1.83. The number of carboxylic acids is 2. The van der Waals surface area contributed by atoms with Crippen molar-refractivity contribution in [2.75, 3.05) is 32.8 Å². The zero-order valence-corrected chi connectivity index (χ0v) is 20.4. The van der Waals surface area contributed by atoms with Crippen molar-refractivity contribution < 1.29 is 33.7 Å². The van der Waals surface area contributed by atoms with Gasteiger partial charge >= 0.3 is 11.9 Å². The minimum atomic E-state index is -1.26. The fourth-order valence-electron chi connectivity index (χ4n) is 4.17. The van der Waals surface area contributed by atoms with Gasteiger partial charge < -0.3 is 19.8 Å². The van der Waals surface area contributed by atoms with Crippen molar-refractivity contribution in [2.45, 2.75) is 19.4 Å². The largest absolute Gasteiger partial charge is 0.492 e. The highest BCUT2D eigenvalue weighted by molar-refractivity contribution is 6.30. The number of fused-ring (bicyclic) bond motifs is 1. The highest BCUT2D eigenvalue weighted by Gasteiger charge is 2.30. The van der Waals surface area contributed by atoms with Crippen LogP contribution in [0, 0.1) is 11.7 Å². The molecule has 4 rings (SSSR count). The number of rotatable bonds is 8. The molecule has 2 aromatic rings. The summed E-state index contributed by atoms with van der Waals surface area (Å²) in [4.78, 5) is 36.0. The first kappa shape index (κ1) is 27.2. The van der Waals surface area contributed by atoms with E-state index < -0.39 is 11.9 Å². The van der Waals surface area contributed by atoms with Gasteiger partial charge in [0.2, 0.25) is 0 Å². The maximum absolute atomic E-state index is 12.9. The van der Waals surface area contributed by atoms with Crippen LogP contribution in [0.5, 0.6) is 5.75 Å². The molecule has 8 nitrogen and oxygen atoms in total. The Morgan fingerprint density at radius 1 is 1.06 bits per heavy atom. The van der Waals surface area contributed by atoms with Gasteiger partial charge in [0.15, 0.2) is 0 Å². The number of hydrogen-bond donors (Lipinski definition) is 2. The van der Waals surface area contributed by atoms with E-state index in [1.165, 1.54) is 12.1 Å². The summed E-state index contributed by atoms with van der Waals surface area (Å²) in [7, 11) is 0. The lowest BCUT2D eigenvalue weighted by atomic mass is 9.96. The standard InChI is InChI=1S/C22H24ClFN2O2.C4H4O4/c23-18-1-6-21-17(13-18)15-26(22(21)27)14-16-7-9-25(10-8-16)11-12-28-20-4-2-19(24)3-5-20;5-3(6)1-2-4(7)8/h1-6,13,16H,7-12,14-15H2;1-2H,(H,5,6)(H,7,8)/b;2-1+. The van der Waals surface area contributed by atoms with Crippen LogP contribution >= 0.6 is 11.6 Å². The summed E-state index contributed by atoms with van der Waals surface area (Å²) in [6.45, 7) is 4.95. The molecular weight excluding hydrogens is 491 g/mol. The summed E-state index contributed by atoms with van der Waals surface area (Å²) in [5, 5.41) is 16.3. The van der Waals surface area contributed by atoms with Crippen molar-refractivity contribution >= 4 is 29.4 Å². The summed E-state index contributed by atoms with van der Waals surface area (Å²) in [6.07, 6.45) is 3.28. The Bertz CT molecular complexity index is 1080. The molecule has 0 atom stereocenters. The van der Waals surface area contributed by atoms with Gasteiger partial charge in [0.05, 0.1) is 0 Å². The first-order valence-corrected chi connectivity index (χ1v) is 11.9. The maximum Gasteiger partial charge on any atom is 0.328 e. The molecule has 0 radical (unpaired) electrons. The van der Waals surface area contributed by atoms with E-state index in [9.17, 15) is 18.8 Å². The zero-order valence-electron chi connectivity index (χ0n) is 19.6. The normalized spacial score (nSPS) is 15.9. The van der Waals surface area contributed by atoms with E-state index in [1.54, 1.807) is 18.2 Å². The summed E-state index contributed by atoms with van der Waals surface area (Å²) >= 11 is 6.05. The number of ether oxygens (including phenoxy) is 1. The Kier molecular flexibility index (Phi) is 9.84. The van der Waals surface area contributed by atoms with Gasteiger partial charge in [0.1, 0.15) is 18.2 Å². The molecule has 1 saturated heterocycles. The van der Waals surface area contributed by atoms with Gasteiger partial charge in [-0.2, -0.15) is 0 Å². The third-order valence-corrected chi connectivity index (χ3v) is 6.23. The smallest absolute Gasteiger partial charge is 0.328 e. The van der Waals surface area contributed by atoms with Crippen LogP contribution in [-0.2, 0) is 16.1 Å². The van der Waals surface area contributed by atoms with Crippen LogP contribution in [0.2, 0.25) is 5.02 Å². The fourth-order valence-corrected chi connectivity index (χ4v) is 4.36. The van der Waals surface area contributed by atoms with E-state index in [1.807, 2.05) is 17.0 Å². The van der Waals surface area contributed by atoms with Crippen molar-refractivity contribution in [3.8, 4) is 5.75 Å². The Labute approximate surface area is 213 Å². The number of carbonyl (C=O) groups excluding carboxylic acids is 1. The number of hydrogen-bond acceptors (Lipinski definition) is 5. The molecule has 1 fully saturated rings. The average Bonchev–Trinajstić information content (AvgIpc) is 3.14. The number of aliphatic carboxylic acids is 2. The van der Waals surface area contributed by atoms with Crippen LogP contribution < -0.4 is 4.74 Å². The molecule has 0 aliphatic carbocycles. The first-order chi connectivity index (χ1) is 17.2. The SMILES string of the molecule is O=C(O)/C=C/C(=O)O.O=C1c2ccc(Cl)cc2CN1CC1CCN(CCOc2ccc(F)cc2)CC1. The van der Waals surface area contributed by atoms with Gasteiger partial charge in [-0.25, -0.2) is 14.0 Å². The molecule has 2 N–H and O–H groups in total. The Balaban J connectivity index is 0.000000392. The molecule has 2 aromatic carbocycles. The van der Waals surface area contributed by atoms with E-state index >= 15 is 0 Å². The highest BCUT2D eigenvalue weighted by Crippen LogP contribution is 2.28. The van der Waals surface area contributed by atoms with Crippen molar-refractivity contribution in [1.29, 1.82) is 0 Å². The third kappa shape index (κ3) is 8.35. The number of halogens is 2. The van der Waals surface area contributed by atoms with E-state index in [4.69, 9.17) is 26.6 Å². The second-order valence-corrected chi connectivity index (χ2v) is 9.02. The van der Waals surface area contributed by atoms with Crippen LogP contribution in [-0.4, -0.2) is 70.6 Å². The van der Waals surface area contributed by atoms with E-state index in [-0.39, 0.29) is 11.7 Å². The molecule has 0 aromatic heterocycles. The monoisotopic (exact) mass is 518 g/mol. The molecule has 36 heavy (non-hydrogen) atoms. The lowest BCUT2D eigenvalue weighted by molar-refractivity contribution is -0.134. The molecule has 192 valence electrons. The van der Waals surface area contributed by atoms with Crippen LogP contribution in [0.4, 0.5) is 4.39 Å². The molecule has 2 aliphatic heterocycles. The summed E-state index contributed by atoms with van der Waals surface area (Å²) < 4.78 is 18.6. The van der Waals surface area contributed by atoms with Crippen LogP contribution in [0.15, 0.2) is 54.6 Å². The van der Waals surface area contributed by atoms with Gasteiger partial charge in [-0.05, 0) is 79.9 Å². The molecule has 2 aliphatic rings. The Morgan fingerprint density at radius 3 is 2.31 bits per heavy atom. The van der Waals surface area contributed by atoms with Crippen LogP contribution in [0.1, 0.15) is 28.8 Å². The molecular formula is C26H28ClFN2O6. The maximum atomic E-state index is 12.9.